The molecule has 1 heterocycles. The Morgan fingerprint density at radius 3 is 2.77 bits per heavy atom. The zero-order valence-electron chi connectivity index (χ0n) is 12.6. The molecule has 6 nitrogen and oxygen atoms in total. The average molecular weight is 306 g/mol. The van der Waals surface area contributed by atoms with Crippen LogP contribution >= 0.6 is 0 Å². The van der Waals surface area contributed by atoms with Crippen LogP contribution in [0.15, 0.2) is 30.3 Å². The van der Waals surface area contributed by atoms with Crippen LogP contribution in [0.4, 0.5) is 4.79 Å². The minimum absolute atomic E-state index is 0.0228. The van der Waals surface area contributed by atoms with Crippen LogP contribution in [-0.4, -0.2) is 35.8 Å². The molecule has 1 aliphatic heterocycles. The number of aliphatic hydroxyl groups excluding tert-OH is 1. The maximum Gasteiger partial charge on any atom is 0.407 e. The standard InChI is InChI=1S/C16H22N2O4/c1-11-7-13(15(20)17-11)8-14(9-19)18-16(21)22-10-12-5-3-2-4-6-12/h2-6,11,13-14,19H,7-10H2,1H3,(H,17,20)(H,18,21)/t11-,13+,14+/m1/s1. The molecule has 0 bridgehead atoms. The third kappa shape index (κ3) is 4.73. The minimum Gasteiger partial charge on any atom is -0.445 e. The summed E-state index contributed by atoms with van der Waals surface area (Å²) in [5.74, 6) is -0.202. The van der Waals surface area contributed by atoms with Crippen molar-refractivity contribution in [2.24, 2.45) is 5.92 Å². The molecule has 1 fully saturated rings. The number of aliphatic hydroxyl groups is 1. The van der Waals surface area contributed by atoms with E-state index in [-0.39, 0.29) is 31.1 Å². The largest absolute Gasteiger partial charge is 0.445 e. The third-order valence-electron chi connectivity index (χ3n) is 3.72. The van der Waals surface area contributed by atoms with E-state index in [1.807, 2.05) is 37.3 Å². The van der Waals surface area contributed by atoms with Crippen molar-refractivity contribution in [3.05, 3.63) is 35.9 Å². The molecule has 0 aromatic heterocycles. The molecule has 0 radical (unpaired) electrons. The number of hydrogen-bond donors (Lipinski definition) is 3. The molecular weight excluding hydrogens is 284 g/mol. The maximum absolute atomic E-state index is 11.8. The number of ether oxygens (including phenoxy) is 1. The van der Waals surface area contributed by atoms with E-state index >= 15 is 0 Å². The van der Waals surface area contributed by atoms with Crippen molar-refractivity contribution < 1.29 is 19.4 Å². The van der Waals surface area contributed by atoms with Crippen LogP contribution in [0.2, 0.25) is 0 Å². The third-order valence-corrected chi connectivity index (χ3v) is 3.72. The van der Waals surface area contributed by atoms with Gasteiger partial charge in [-0.05, 0) is 25.3 Å². The summed E-state index contributed by atoms with van der Waals surface area (Å²) in [5.41, 5.74) is 0.891. The lowest BCUT2D eigenvalue weighted by atomic mass is 9.97. The first-order chi connectivity index (χ1) is 10.6. The Hall–Kier alpha value is -2.08. The van der Waals surface area contributed by atoms with Gasteiger partial charge in [0, 0.05) is 12.0 Å². The first-order valence-corrected chi connectivity index (χ1v) is 7.47. The van der Waals surface area contributed by atoms with E-state index in [4.69, 9.17) is 4.74 Å². The van der Waals surface area contributed by atoms with Crippen molar-refractivity contribution in [3.8, 4) is 0 Å². The van der Waals surface area contributed by atoms with Gasteiger partial charge in [0.1, 0.15) is 6.61 Å². The highest BCUT2D eigenvalue weighted by Crippen LogP contribution is 2.20. The first-order valence-electron chi connectivity index (χ1n) is 7.47. The van der Waals surface area contributed by atoms with E-state index in [1.54, 1.807) is 0 Å². The lowest BCUT2D eigenvalue weighted by molar-refractivity contribution is -0.122. The Kier molecular flexibility index (Phi) is 5.77. The summed E-state index contributed by atoms with van der Waals surface area (Å²) in [7, 11) is 0. The summed E-state index contributed by atoms with van der Waals surface area (Å²) < 4.78 is 5.11. The Morgan fingerprint density at radius 1 is 1.45 bits per heavy atom. The molecule has 3 N–H and O–H groups in total. The fourth-order valence-electron chi connectivity index (χ4n) is 2.61. The quantitative estimate of drug-likeness (QED) is 0.736. The molecule has 22 heavy (non-hydrogen) atoms. The first kappa shape index (κ1) is 16.3. The van der Waals surface area contributed by atoms with E-state index in [1.165, 1.54) is 0 Å². The van der Waals surface area contributed by atoms with Crippen LogP contribution < -0.4 is 10.6 Å². The van der Waals surface area contributed by atoms with Gasteiger partial charge in [0.25, 0.3) is 0 Å². The van der Waals surface area contributed by atoms with Crippen molar-refractivity contribution in [3.63, 3.8) is 0 Å². The van der Waals surface area contributed by atoms with Gasteiger partial charge in [0.15, 0.2) is 0 Å². The van der Waals surface area contributed by atoms with Crippen LogP contribution in [0.1, 0.15) is 25.3 Å². The number of alkyl carbamates (subject to hydrolysis) is 1. The molecule has 2 rings (SSSR count). The predicted octanol–water partition coefficient (Wildman–Crippen LogP) is 1.19. The fraction of sp³-hybridized carbons (Fsp3) is 0.500. The van der Waals surface area contributed by atoms with Crippen molar-refractivity contribution in [2.75, 3.05) is 6.61 Å². The monoisotopic (exact) mass is 306 g/mol. The number of benzene rings is 1. The highest BCUT2D eigenvalue weighted by molar-refractivity contribution is 5.81. The molecular formula is C16H22N2O4. The van der Waals surface area contributed by atoms with Gasteiger partial charge in [0.2, 0.25) is 5.91 Å². The number of amides is 2. The summed E-state index contributed by atoms with van der Waals surface area (Å²) in [6.45, 7) is 1.89. The molecule has 120 valence electrons. The van der Waals surface area contributed by atoms with Gasteiger partial charge in [-0.1, -0.05) is 30.3 Å². The van der Waals surface area contributed by atoms with Gasteiger partial charge in [-0.25, -0.2) is 4.79 Å². The van der Waals surface area contributed by atoms with Crippen molar-refractivity contribution in [1.82, 2.24) is 10.6 Å². The van der Waals surface area contributed by atoms with Crippen molar-refractivity contribution >= 4 is 12.0 Å². The SMILES string of the molecule is C[C@@H]1C[C@@H](C[C@@H](CO)NC(=O)OCc2ccccc2)C(=O)N1. The number of hydrogen-bond acceptors (Lipinski definition) is 4. The number of carbonyl (C=O) groups is 2. The molecule has 2 amide bonds. The van der Waals surface area contributed by atoms with Gasteiger partial charge in [-0.3, -0.25) is 4.79 Å². The second-order valence-corrected chi connectivity index (χ2v) is 5.66. The van der Waals surface area contributed by atoms with Crippen LogP contribution in [0.3, 0.4) is 0 Å². The molecule has 1 aromatic rings. The van der Waals surface area contributed by atoms with Gasteiger partial charge in [-0.15, -0.1) is 0 Å². The van der Waals surface area contributed by atoms with Gasteiger partial charge >= 0.3 is 6.09 Å². The Balaban J connectivity index is 1.77. The van der Waals surface area contributed by atoms with Gasteiger partial charge < -0.3 is 20.5 Å². The fourth-order valence-corrected chi connectivity index (χ4v) is 2.61. The van der Waals surface area contributed by atoms with E-state index in [2.05, 4.69) is 10.6 Å². The number of nitrogens with one attached hydrogen (secondary N) is 2. The average Bonchev–Trinajstić information content (AvgIpc) is 2.83. The summed E-state index contributed by atoms with van der Waals surface area (Å²) in [6.07, 6.45) is 0.540. The predicted molar refractivity (Wildman–Crippen MR) is 81.0 cm³/mol. The molecule has 3 atom stereocenters. The maximum atomic E-state index is 11.8. The topological polar surface area (TPSA) is 87.7 Å². The minimum atomic E-state index is -0.589. The summed E-state index contributed by atoms with van der Waals surface area (Å²) >= 11 is 0. The molecule has 1 aliphatic rings. The normalized spacial score (nSPS) is 22.0. The van der Waals surface area contributed by atoms with Crippen LogP contribution in [0, 0.1) is 5.92 Å². The highest BCUT2D eigenvalue weighted by Gasteiger charge is 2.31. The highest BCUT2D eigenvalue weighted by atomic mass is 16.5. The molecule has 0 spiro atoms. The molecule has 0 aliphatic carbocycles. The van der Waals surface area contributed by atoms with E-state index in [9.17, 15) is 14.7 Å². The van der Waals surface area contributed by atoms with Gasteiger partial charge in [-0.2, -0.15) is 0 Å². The van der Waals surface area contributed by atoms with Crippen LogP contribution in [0.5, 0.6) is 0 Å². The molecule has 6 heteroatoms. The van der Waals surface area contributed by atoms with E-state index in [0.717, 1.165) is 12.0 Å². The smallest absolute Gasteiger partial charge is 0.407 e. The summed E-state index contributed by atoms with van der Waals surface area (Å²) in [5, 5.41) is 14.8. The Labute approximate surface area is 129 Å². The van der Waals surface area contributed by atoms with Gasteiger partial charge in [0.05, 0.1) is 12.6 Å². The number of rotatable bonds is 6. The van der Waals surface area contributed by atoms with E-state index in [0.29, 0.717) is 6.42 Å². The number of carbonyl (C=O) groups excluding carboxylic acids is 2. The molecule has 0 unspecified atom stereocenters. The van der Waals surface area contributed by atoms with Crippen molar-refractivity contribution in [1.29, 1.82) is 0 Å². The van der Waals surface area contributed by atoms with Crippen molar-refractivity contribution in [2.45, 2.75) is 38.5 Å². The summed E-state index contributed by atoms with van der Waals surface area (Å²) in [6, 6.07) is 9.01. The second-order valence-electron chi connectivity index (χ2n) is 5.66. The van der Waals surface area contributed by atoms with Crippen LogP contribution in [-0.2, 0) is 16.1 Å². The second kappa shape index (κ2) is 7.79. The Morgan fingerprint density at radius 2 is 2.18 bits per heavy atom. The molecule has 0 saturated carbocycles. The Bertz CT molecular complexity index is 506. The lowest BCUT2D eigenvalue weighted by Gasteiger charge is -2.18. The lowest BCUT2D eigenvalue weighted by Crippen LogP contribution is -2.40. The summed E-state index contributed by atoms with van der Waals surface area (Å²) in [4.78, 5) is 23.5. The van der Waals surface area contributed by atoms with Crippen LogP contribution in [0.25, 0.3) is 0 Å². The molecule has 1 aromatic carbocycles. The zero-order chi connectivity index (χ0) is 15.9. The van der Waals surface area contributed by atoms with E-state index < -0.39 is 12.1 Å². The zero-order valence-corrected chi connectivity index (χ0v) is 12.6. The molecule has 1 saturated heterocycles.